The lowest BCUT2D eigenvalue weighted by Gasteiger charge is -2.04. The summed E-state index contributed by atoms with van der Waals surface area (Å²) in [6, 6.07) is 13.2. The molecule has 0 aliphatic heterocycles. The molecule has 1 heterocycles. The fraction of sp³-hybridized carbons (Fsp3) is 0.0625. The minimum Gasteiger partial charge on any atom is -0.444 e. The average Bonchev–Trinajstić information content (AvgIpc) is 3.02. The van der Waals surface area contributed by atoms with Crippen molar-refractivity contribution >= 4 is 28.0 Å². The van der Waals surface area contributed by atoms with E-state index in [1.165, 1.54) is 18.2 Å². The summed E-state index contributed by atoms with van der Waals surface area (Å²) in [7, 11) is 0. The summed E-state index contributed by atoms with van der Waals surface area (Å²) in [5, 5.41) is 9.86. The number of anilines is 1. The second-order valence-electron chi connectivity index (χ2n) is 4.72. The number of hydrogen-bond acceptors (Lipinski definition) is 5. The molecule has 2 aromatic carbocycles. The maximum Gasteiger partial charge on any atom is 0.415 e. The van der Waals surface area contributed by atoms with Gasteiger partial charge in [-0.1, -0.05) is 35.4 Å². The number of carbonyl (C=O) groups is 1. The van der Waals surface area contributed by atoms with E-state index in [4.69, 9.17) is 9.15 Å². The van der Waals surface area contributed by atoms with E-state index in [2.05, 4.69) is 31.4 Å². The van der Waals surface area contributed by atoms with Gasteiger partial charge in [0.15, 0.2) is 0 Å². The number of hydrogen-bond donors (Lipinski definition) is 1. The van der Waals surface area contributed by atoms with Crippen LogP contribution in [-0.4, -0.2) is 16.3 Å². The highest BCUT2D eigenvalue weighted by atomic mass is 79.9. The Kier molecular flexibility index (Phi) is 4.85. The molecule has 0 atom stereocenters. The lowest BCUT2D eigenvalue weighted by Crippen LogP contribution is -2.13. The topological polar surface area (TPSA) is 77.3 Å². The van der Waals surface area contributed by atoms with Crippen molar-refractivity contribution in [2.24, 2.45) is 0 Å². The van der Waals surface area contributed by atoms with Gasteiger partial charge in [0.25, 0.3) is 5.89 Å². The molecule has 1 N–H and O–H groups in total. The largest absolute Gasteiger partial charge is 0.444 e. The maximum atomic E-state index is 13.1. The van der Waals surface area contributed by atoms with Gasteiger partial charge < -0.3 is 9.15 Å². The van der Waals surface area contributed by atoms with Gasteiger partial charge in [-0.05, 0) is 39.7 Å². The smallest absolute Gasteiger partial charge is 0.415 e. The Balaban J connectivity index is 1.62. The predicted molar refractivity (Wildman–Crippen MR) is 87.6 cm³/mol. The first-order chi connectivity index (χ1) is 11.6. The quantitative estimate of drug-likeness (QED) is 0.713. The van der Waals surface area contributed by atoms with Gasteiger partial charge in [0.2, 0.25) is 0 Å². The van der Waals surface area contributed by atoms with Crippen molar-refractivity contribution in [3.63, 3.8) is 0 Å². The molecular weight excluding hydrogens is 381 g/mol. The molecule has 0 saturated carbocycles. The van der Waals surface area contributed by atoms with Crippen LogP contribution in [0.25, 0.3) is 11.5 Å². The van der Waals surface area contributed by atoms with Crippen LogP contribution < -0.4 is 5.32 Å². The van der Waals surface area contributed by atoms with E-state index in [1.54, 1.807) is 0 Å². The van der Waals surface area contributed by atoms with Crippen molar-refractivity contribution in [2.45, 2.75) is 6.61 Å². The highest BCUT2D eigenvalue weighted by Gasteiger charge is 2.14. The van der Waals surface area contributed by atoms with Crippen molar-refractivity contribution in [2.75, 3.05) is 5.32 Å². The van der Waals surface area contributed by atoms with Crippen molar-refractivity contribution in [3.05, 3.63) is 64.4 Å². The number of nitrogens with zero attached hydrogens (tertiary/aromatic N) is 2. The number of amides is 1. The lowest BCUT2D eigenvalue weighted by molar-refractivity contribution is 0.154. The normalized spacial score (nSPS) is 10.4. The first-order valence-corrected chi connectivity index (χ1v) is 7.68. The molecule has 1 amide bonds. The second kappa shape index (κ2) is 7.22. The number of aromatic nitrogens is 2. The van der Waals surface area contributed by atoms with Gasteiger partial charge in [-0.3, -0.25) is 0 Å². The van der Waals surface area contributed by atoms with Gasteiger partial charge in [0.1, 0.15) is 12.4 Å². The van der Waals surface area contributed by atoms with Crippen molar-refractivity contribution in [1.82, 2.24) is 10.2 Å². The second-order valence-corrected chi connectivity index (χ2v) is 5.58. The molecule has 1 aromatic heterocycles. The molecule has 122 valence electrons. The molecule has 8 heteroatoms. The molecule has 0 aliphatic carbocycles. The Hall–Kier alpha value is -2.74. The van der Waals surface area contributed by atoms with Crippen molar-refractivity contribution < 1.29 is 18.3 Å². The Morgan fingerprint density at radius 1 is 1.21 bits per heavy atom. The number of carbonyl (C=O) groups excluding carboxylic acids is 1. The summed E-state index contributed by atoms with van der Waals surface area (Å²) in [6.45, 7) is 0.122. The molecule has 0 radical (unpaired) electrons. The van der Waals surface area contributed by atoms with E-state index in [1.807, 2.05) is 30.3 Å². The van der Waals surface area contributed by atoms with E-state index in [-0.39, 0.29) is 18.5 Å². The van der Waals surface area contributed by atoms with E-state index >= 15 is 0 Å². The summed E-state index contributed by atoms with van der Waals surface area (Å²) in [4.78, 5) is 11.7. The van der Waals surface area contributed by atoms with Gasteiger partial charge in [0.05, 0.1) is 5.56 Å². The van der Waals surface area contributed by atoms with Crippen LogP contribution in [0.5, 0.6) is 0 Å². The van der Waals surface area contributed by atoms with Crippen LogP contribution in [0.4, 0.5) is 15.2 Å². The van der Waals surface area contributed by atoms with Crippen LogP contribution in [-0.2, 0) is 11.3 Å². The molecule has 0 spiro atoms. The maximum absolute atomic E-state index is 13.1. The van der Waals surface area contributed by atoms with E-state index in [9.17, 15) is 9.18 Å². The van der Waals surface area contributed by atoms with Gasteiger partial charge in [-0.25, -0.2) is 14.5 Å². The van der Waals surface area contributed by atoms with Crippen LogP contribution >= 0.6 is 15.9 Å². The SMILES string of the molecule is O=C(Nc1nnc(-c2ccc(F)cc2Br)o1)OCc1ccccc1. The fourth-order valence-corrected chi connectivity index (χ4v) is 2.41. The summed E-state index contributed by atoms with van der Waals surface area (Å²) in [6.07, 6.45) is -0.716. The molecule has 0 bridgehead atoms. The van der Waals surface area contributed by atoms with Gasteiger partial charge in [-0.2, -0.15) is 0 Å². The summed E-state index contributed by atoms with van der Waals surface area (Å²) < 4.78 is 23.9. The molecule has 6 nitrogen and oxygen atoms in total. The molecule has 0 unspecified atom stereocenters. The van der Waals surface area contributed by atoms with E-state index < -0.39 is 11.9 Å². The third-order valence-electron chi connectivity index (χ3n) is 3.01. The average molecular weight is 392 g/mol. The number of halogens is 2. The lowest BCUT2D eigenvalue weighted by atomic mass is 10.2. The van der Waals surface area contributed by atoms with Crippen LogP contribution in [0.2, 0.25) is 0 Å². The Morgan fingerprint density at radius 3 is 2.75 bits per heavy atom. The van der Waals surface area contributed by atoms with Crippen LogP contribution in [0.1, 0.15) is 5.56 Å². The van der Waals surface area contributed by atoms with Gasteiger partial charge >= 0.3 is 12.1 Å². The van der Waals surface area contributed by atoms with Gasteiger partial charge in [0, 0.05) is 4.47 Å². The molecule has 3 rings (SSSR count). The first kappa shape index (κ1) is 16.1. The molecule has 0 aliphatic rings. The fourth-order valence-electron chi connectivity index (χ4n) is 1.89. The van der Waals surface area contributed by atoms with Crippen LogP contribution in [0, 0.1) is 5.82 Å². The highest BCUT2D eigenvalue weighted by Crippen LogP contribution is 2.28. The molecule has 0 fully saturated rings. The number of nitrogens with one attached hydrogen (secondary N) is 1. The van der Waals surface area contributed by atoms with Crippen LogP contribution in [0.3, 0.4) is 0 Å². The zero-order chi connectivity index (χ0) is 16.9. The summed E-state index contributed by atoms with van der Waals surface area (Å²) in [5.74, 6) is -0.256. The summed E-state index contributed by atoms with van der Waals surface area (Å²) >= 11 is 3.21. The first-order valence-electron chi connectivity index (χ1n) is 6.88. The van der Waals surface area contributed by atoms with Gasteiger partial charge in [-0.15, -0.1) is 5.10 Å². The van der Waals surface area contributed by atoms with E-state index in [0.29, 0.717) is 10.0 Å². The van der Waals surface area contributed by atoms with Crippen molar-refractivity contribution in [1.29, 1.82) is 0 Å². The molecular formula is C16H11BrFN3O3. The third kappa shape index (κ3) is 3.96. The molecule has 0 saturated heterocycles. The number of ether oxygens (including phenoxy) is 1. The third-order valence-corrected chi connectivity index (χ3v) is 3.66. The predicted octanol–water partition coefficient (Wildman–Crippen LogP) is 4.39. The minimum absolute atomic E-state index is 0.112. The standard InChI is InChI=1S/C16H11BrFN3O3/c17-13-8-11(18)6-7-12(13)14-20-21-15(24-14)19-16(22)23-9-10-4-2-1-3-5-10/h1-8H,9H2,(H,19,21,22). The zero-order valence-corrected chi connectivity index (χ0v) is 13.8. The minimum atomic E-state index is -0.716. The number of rotatable bonds is 4. The zero-order valence-electron chi connectivity index (χ0n) is 12.2. The van der Waals surface area contributed by atoms with E-state index in [0.717, 1.165) is 5.56 Å². The Labute approximate surface area is 144 Å². The Bertz CT molecular complexity index is 855. The van der Waals surface area contributed by atoms with Crippen LogP contribution in [0.15, 0.2) is 57.4 Å². The monoisotopic (exact) mass is 391 g/mol. The molecule has 24 heavy (non-hydrogen) atoms. The number of benzene rings is 2. The van der Waals surface area contributed by atoms with Crippen molar-refractivity contribution in [3.8, 4) is 11.5 Å². The highest BCUT2D eigenvalue weighted by molar-refractivity contribution is 9.10. The molecule has 3 aromatic rings. The Morgan fingerprint density at radius 2 is 2.00 bits per heavy atom. The summed E-state index contributed by atoms with van der Waals surface area (Å²) in [5.41, 5.74) is 1.36.